The predicted octanol–water partition coefficient (Wildman–Crippen LogP) is 4.23. The zero-order chi connectivity index (χ0) is 14.7. The van der Waals surface area contributed by atoms with Gasteiger partial charge in [0.25, 0.3) is 0 Å². The van der Waals surface area contributed by atoms with Gasteiger partial charge in [-0.05, 0) is 25.5 Å². The summed E-state index contributed by atoms with van der Waals surface area (Å²) >= 11 is 7.53. The van der Waals surface area contributed by atoms with Gasteiger partial charge in [-0.15, -0.1) is 0 Å². The first kappa shape index (κ1) is 15.2. The van der Waals surface area contributed by atoms with E-state index in [-0.39, 0.29) is 11.8 Å². The lowest BCUT2D eigenvalue weighted by atomic mass is 10.2. The molecular formula is C14H17ClN2O2S. The third-order valence-electron chi connectivity index (χ3n) is 3.10. The fourth-order valence-electron chi connectivity index (χ4n) is 2.27. The number of aliphatic carboxylic acids is 1. The number of para-hydroxylation sites is 1. The second kappa shape index (κ2) is 6.50. The van der Waals surface area contributed by atoms with Crippen molar-refractivity contribution in [3.8, 4) is 0 Å². The minimum atomic E-state index is -0.845. The van der Waals surface area contributed by atoms with Gasteiger partial charge in [-0.2, -0.15) is 0 Å². The maximum atomic E-state index is 10.8. The van der Waals surface area contributed by atoms with Crippen LogP contribution >= 0.6 is 23.4 Å². The van der Waals surface area contributed by atoms with E-state index >= 15 is 0 Å². The van der Waals surface area contributed by atoms with Gasteiger partial charge < -0.3 is 9.67 Å². The van der Waals surface area contributed by atoms with E-state index in [2.05, 4.69) is 23.4 Å². The first-order valence-corrected chi connectivity index (χ1v) is 7.92. The molecule has 1 heterocycles. The van der Waals surface area contributed by atoms with Gasteiger partial charge in [-0.25, -0.2) is 4.98 Å². The summed E-state index contributed by atoms with van der Waals surface area (Å²) in [6, 6.07) is 5.84. The van der Waals surface area contributed by atoms with Gasteiger partial charge in [0.2, 0.25) is 0 Å². The van der Waals surface area contributed by atoms with Crippen LogP contribution in [0, 0.1) is 0 Å². The number of carbonyl (C=O) groups is 1. The maximum Gasteiger partial charge on any atom is 0.313 e. The Morgan fingerprint density at radius 3 is 2.95 bits per heavy atom. The molecule has 0 bridgehead atoms. The van der Waals surface area contributed by atoms with Crippen LogP contribution in [0.5, 0.6) is 0 Å². The van der Waals surface area contributed by atoms with Crippen LogP contribution in [-0.2, 0) is 4.79 Å². The van der Waals surface area contributed by atoms with Crippen LogP contribution in [0.1, 0.15) is 32.7 Å². The van der Waals surface area contributed by atoms with Crippen LogP contribution in [-0.4, -0.2) is 26.4 Å². The molecular weight excluding hydrogens is 296 g/mol. The van der Waals surface area contributed by atoms with E-state index < -0.39 is 5.97 Å². The lowest BCUT2D eigenvalue weighted by molar-refractivity contribution is -0.133. The quantitative estimate of drug-likeness (QED) is 0.811. The van der Waals surface area contributed by atoms with Gasteiger partial charge in [0, 0.05) is 6.04 Å². The third kappa shape index (κ3) is 3.10. The number of carboxylic acids is 1. The number of halogens is 1. The molecule has 0 saturated carbocycles. The molecule has 2 aromatic rings. The Morgan fingerprint density at radius 1 is 1.55 bits per heavy atom. The Morgan fingerprint density at radius 2 is 2.30 bits per heavy atom. The van der Waals surface area contributed by atoms with Crippen molar-refractivity contribution in [1.29, 1.82) is 0 Å². The SMILES string of the molecule is CCCC(C)n1c(SCC(=O)O)nc2cccc(Cl)c21. The van der Waals surface area contributed by atoms with E-state index in [0.29, 0.717) is 5.02 Å². The van der Waals surface area contributed by atoms with E-state index in [0.717, 1.165) is 29.0 Å². The molecule has 0 fully saturated rings. The molecule has 0 aliphatic carbocycles. The van der Waals surface area contributed by atoms with Gasteiger partial charge in [-0.1, -0.05) is 42.8 Å². The molecule has 1 aromatic carbocycles. The van der Waals surface area contributed by atoms with Crippen molar-refractivity contribution in [3.63, 3.8) is 0 Å². The van der Waals surface area contributed by atoms with Crippen molar-refractivity contribution < 1.29 is 9.90 Å². The molecule has 0 aliphatic rings. The number of hydrogen-bond donors (Lipinski definition) is 1. The average molecular weight is 313 g/mol. The Labute approximate surface area is 127 Å². The number of rotatable bonds is 6. The molecule has 0 radical (unpaired) electrons. The number of hydrogen-bond acceptors (Lipinski definition) is 3. The van der Waals surface area contributed by atoms with Crippen LogP contribution in [0.2, 0.25) is 5.02 Å². The minimum absolute atomic E-state index is 0.000212. The second-order valence-corrected chi connectivity index (χ2v) is 6.04. The number of nitrogens with zero attached hydrogens (tertiary/aromatic N) is 2. The average Bonchev–Trinajstić information content (AvgIpc) is 2.76. The number of fused-ring (bicyclic) bond motifs is 1. The number of benzene rings is 1. The van der Waals surface area contributed by atoms with Crippen molar-refractivity contribution in [1.82, 2.24) is 9.55 Å². The van der Waals surface area contributed by atoms with Crippen molar-refractivity contribution in [3.05, 3.63) is 23.2 Å². The smallest absolute Gasteiger partial charge is 0.313 e. The summed E-state index contributed by atoms with van der Waals surface area (Å²) in [7, 11) is 0. The molecule has 6 heteroatoms. The fourth-order valence-corrected chi connectivity index (χ4v) is 3.36. The second-order valence-electron chi connectivity index (χ2n) is 4.69. The molecule has 1 aromatic heterocycles. The van der Waals surface area contributed by atoms with Gasteiger partial charge in [0.05, 0.1) is 21.8 Å². The predicted molar refractivity (Wildman–Crippen MR) is 82.7 cm³/mol. The van der Waals surface area contributed by atoms with Gasteiger partial charge in [0.1, 0.15) is 0 Å². The highest BCUT2D eigenvalue weighted by Gasteiger charge is 2.18. The Kier molecular flexibility index (Phi) is 4.94. The summed E-state index contributed by atoms with van der Waals surface area (Å²) in [6.45, 7) is 4.24. The standard InChI is InChI=1S/C14H17ClN2O2S/c1-3-5-9(2)17-13-10(15)6-4-7-11(13)16-14(17)20-8-12(18)19/h4,6-7,9H,3,5,8H2,1-2H3,(H,18,19). The molecule has 4 nitrogen and oxygen atoms in total. The molecule has 2 rings (SSSR count). The van der Waals surface area contributed by atoms with Crippen molar-refractivity contribution in [2.45, 2.75) is 37.9 Å². The van der Waals surface area contributed by atoms with Crippen LogP contribution in [0.4, 0.5) is 0 Å². The highest BCUT2D eigenvalue weighted by Crippen LogP contribution is 2.33. The number of aromatic nitrogens is 2. The third-order valence-corrected chi connectivity index (χ3v) is 4.34. The molecule has 1 N–H and O–H groups in total. The summed E-state index contributed by atoms with van der Waals surface area (Å²) < 4.78 is 2.06. The van der Waals surface area contributed by atoms with Gasteiger partial charge in [0.15, 0.2) is 5.16 Å². The summed E-state index contributed by atoms with van der Waals surface area (Å²) in [6.07, 6.45) is 2.05. The Balaban J connectivity index is 2.51. The minimum Gasteiger partial charge on any atom is -0.481 e. The molecule has 0 spiro atoms. The molecule has 1 unspecified atom stereocenters. The van der Waals surface area contributed by atoms with E-state index in [1.807, 2.05) is 18.2 Å². The largest absolute Gasteiger partial charge is 0.481 e. The normalized spacial score (nSPS) is 12.8. The topological polar surface area (TPSA) is 55.1 Å². The first-order valence-electron chi connectivity index (χ1n) is 6.55. The van der Waals surface area contributed by atoms with E-state index in [1.54, 1.807) is 0 Å². The zero-order valence-electron chi connectivity index (χ0n) is 11.5. The summed E-state index contributed by atoms with van der Waals surface area (Å²) in [5.74, 6) is -0.845. The molecule has 20 heavy (non-hydrogen) atoms. The van der Waals surface area contributed by atoms with Crippen LogP contribution < -0.4 is 0 Å². The number of imidazole rings is 1. The van der Waals surface area contributed by atoms with E-state index in [9.17, 15) is 4.79 Å². The zero-order valence-corrected chi connectivity index (χ0v) is 13.0. The van der Waals surface area contributed by atoms with Gasteiger partial charge in [-0.3, -0.25) is 4.79 Å². The summed E-state index contributed by atoms with van der Waals surface area (Å²) in [5, 5.41) is 10.2. The maximum absolute atomic E-state index is 10.8. The van der Waals surface area contributed by atoms with Crippen molar-refractivity contribution in [2.75, 3.05) is 5.75 Å². The number of carboxylic acid groups (broad SMARTS) is 1. The fraction of sp³-hybridized carbons (Fsp3) is 0.429. The van der Waals surface area contributed by atoms with Crippen LogP contribution in [0.3, 0.4) is 0 Å². The molecule has 0 amide bonds. The lowest BCUT2D eigenvalue weighted by Gasteiger charge is -2.16. The summed E-state index contributed by atoms with van der Waals surface area (Å²) in [4.78, 5) is 15.3. The van der Waals surface area contributed by atoms with Crippen molar-refractivity contribution >= 4 is 40.4 Å². The Bertz CT molecular complexity index is 627. The molecule has 1 atom stereocenters. The number of thioether (sulfide) groups is 1. The van der Waals surface area contributed by atoms with Gasteiger partial charge >= 0.3 is 5.97 Å². The van der Waals surface area contributed by atoms with Crippen LogP contribution in [0.15, 0.2) is 23.4 Å². The molecule has 108 valence electrons. The van der Waals surface area contributed by atoms with Crippen molar-refractivity contribution in [2.24, 2.45) is 0 Å². The van der Waals surface area contributed by atoms with Crippen LogP contribution in [0.25, 0.3) is 11.0 Å². The Hall–Kier alpha value is -1.20. The monoisotopic (exact) mass is 312 g/mol. The molecule has 0 aliphatic heterocycles. The summed E-state index contributed by atoms with van der Waals surface area (Å²) in [5.41, 5.74) is 1.70. The highest BCUT2D eigenvalue weighted by atomic mass is 35.5. The molecule has 0 saturated heterocycles. The van der Waals surface area contributed by atoms with E-state index in [1.165, 1.54) is 11.8 Å². The highest BCUT2D eigenvalue weighted by molar-refractivity contribution is 7.99. The lowest BCUT2D eigenvalue weighted by Crippen LogP contribution is -2.08. The first-order chi connectivity index (χ1) is 9.54. The van der Waals surface area contributed by atoms with E-state index in [4.69, 9.17) is 16.7 Å².